The number of hydrogen-bond donors (Lipinski definition) is 0. The highest BCUT2D eigenvalue weighted by Gasteiger charge is 2.15. The lowest BCUT2D eigenvalue weighted by Crippen LogP contribution is -1.97. The van der Waals surface area contributed by atoms with Gasteiger partial charge in [0.1, 0.15) is 11.1 Å². The van der Waals surface area contributed by atoms with Gasteiger partial charge in [-0.2, -0.15) is 5.26 Å². The first kappa shape index (κ1) is 19.9. The van der Waals surface area contributed by atoms with Gasteiger partial charge in [-0.15, -0.1) is 11.8 Å². The van der Waals surface area contributed by atoms with Crippen molar-refractivity contribution in [1.82, 2.24) is 4.98 Å². The molecule has 4 aromatic rings. The molecule has 1 heterocycles. The van der Waals surface area contributed by atoms with Crippen LogP contribution in [0.2, 0.25) is 0 Å². The Hall–Kier alpha value is -3.35. The summed E-state index contributed by atoms with van der Waals surface area (Å²) in [6, 6.07) is 35.2. The summed E-state index contributed by atoms with van der Waals surface area (Å²) >= 11 is 1.67. The van der Waals surface area contributed by atoms with E-state index in [1.54, 1.807) is 11.8 Å². The number of aromatic nitrogens is 1. The van der Waals surface area contributed by atoms with Gasteiger partial charge in [0.2, 0.25) is 0 Å². The first-order chi connectivity index (χ1) is 14.8. The lowest BCUT2D eigenvalue weighted by molar-refractivity contribution is 0.930. The van der Waals surface area contributed by atoms with Gasteiger partial charge in [-0.3, -0.25) is 0 Å². The highest BCUT2D eigenvalue weighted by atomic mass is 32.2. The number of hydrogen-bond acceptors (Lipinski definition) is 3. The standard InChI is InChI=1S/C27H22N2S/c28-20-25-24(22-14-6-2-7-15-22)19-26(23-16-8-3-9-17-23)29-27(25)30-18-10-13-21-11-4-1-5-12-21/h1-9,11-12,14-17,19H,10,13,18H2. The average Bonchev–Trinajstić information content (AvgIpc) is 2.83. The predicted molar refractivity (Wildman–Crippen MR) is 125 cm³/mol. The maximum absolute atomic E-state index is 9.95. The second-order valence-corrected chi connectivity index (χ2v) is 8.10. The second-order valence-electron chi connectivity index (χ2n) is 7.02. The molecule has 3 aromatic carbocycles. The van der Waals surface area contributed by atoms with Crippen molar-refractivity contribution < 1.29 is 0 Å². The van der Waals surface area contributed by atoms with E-state index in [4.69, 9.17) is 4.98 Å². The van der Waals surface area contributed by atoms with Crippen LogP contribution >= 0.6 is 11.8 Å². The van der Waals surface area contributed by atoms with E-state index in [2.05, 4.69) is 54.6 Å². The van der Waals surface area contributed by atoms with Crippen LogP contribution in [0.4, 0.5) is 0 Å². The molecule has 2 nitrogen and oxygen atoms in total. The molecule has 0 saturated carbocycles. The summed E-state index contributed by atoms with van der Waals surface area (Å²) in [5, 5.41) is 10.8. The van der Waals surface area contributed by atoms with Gasteiger partial charge >= 0.3 is 0 Å². The van der Waals surface area contributed by atoms with E-state index in [1.165, 1.54) is 5.56 Å². The number of thioether (sulfide) groups is 1. The van der Waals surface area contributed by atoms with E-state index in [-0.39, 0.29) is 0 Å². The summed E-state index contributed by atoms with van der Waals surface area (Å²) in [7, 11) is 0. The summed E-state index contributed by atoms with van der Waals surface area (Å²) in [6.07, 6.45) is 2.07. The maximum Gasteiger partial charge on any atom is 0.115 e. The molecule has 0 bridgehead atoms. The average molecular weight is 407 g/mol. The van der Waals surface area contributed by atoms with Crippen molar-refractivity contribution in [2.75, 3.05) is 5.75 Å². The van der Waals surface area contributed by atoms with E-state index in [0.717, 1.165) is 46.0 Å². The van der Waals surface area contributed by atoms with Crippen LogP contribution in [0.15, 0.2) is 102 Å². The van der Waals surface area contributed by atoms with Crippen molar-refractivity contribution in [1.29, 1.82) is 5.26 Å². The maximum atomic E-state index is 9.95. The zero-order valence-electron chi connectivity index (χ0n) is 16.7. The fourth-order valence-electron chi connectivity index (χ4n) is 3.43. The molecule has 3 heteroatoms. The zero-order chi connectivity index (χ0) is 20.6. The molecule has 0 amide bonds. The number of nitriles is 1. The van der Waals surface area contributed by atoms with Gasteiger partial charge in [0.25, 0.3) is 0 Å². The Morgan fingerprint density at radius 2 is 1.37 bits per heavy atom. The molecule has 0 fully saturated rings. The minimum absolute atomic E-state index is 0.658. The van der Waals surface area contributed by atoms with E-state index < -0.39 is 0 Å². The first-order valence-electron chi connectivity index (χ1n) is 10.1. The lowest BCUT2D eigenvalue weighted by Gasteiger charge is -2.12. The van der Waals surface area contributed by atoms with Gasteiger partial charge in [0.05, 0.1) is 11.3 Å². The van der Waals surface area contributed by atoms with Crippen LogP contribution in [0.1, 0.15) is 17.5 Å². The van der Waals surface area contributed by atoms with Crippen LogP contribution in [0, 0.1) is 11.3 Å². The molecule has 0 unspecified atom stereocenters. The van der Waals surface area contributed by atoms with Gasteiger partial charge in [-0.1, -0.05) is 91.0 Å². The molecule has 0 atom stereocenters. The molecular formula is C27H22N2S. The SMILES string of the molecule is N#Cc1c(-c2ccccc2)cc(-c2ccccc2)nc1SCCCc1ccccc1. The zero-order valence-corrected chi connectivity index (χ0v) is 17.5. The molecular weight excluding hydrogens is 384 g/mol. The summed E-state index contributed by atoms with van der Waals surface area (Å²) in [6.45, 7) is 0. The largest absolute Gasteiger partial charge is 0.240 e. The highest BCUT2D eigenvalue weighted by Crippen LogP contribution is 2.34. The molecule has 4 rings (SSSR count). The first-order valence-corrected chi connectivity index (χ1v) is 11.1. The number of pyridine rings is 1. The van der Waals surface area contributed by atoms with Crippen LogP contribution in [0.3, 0.4) is 0 Å². The normalized spacial score (nSPS) is 10.5. The van der Waals surface area contributed by atoms with Crippen molar-refractivity contribution in [2.24, 2.45) is 0 Å². The van der Waals surface area contributed by atoms with Crippen molar-refractivity contribution in [2.45, 2.75) is 17.9 Å². The van der Waals surface area contributed by atoms with E-state index in [0.29, 0.717) is 5.56 Å². The molecule has 30 heavy (non-hydrogen) atoms. The van der Waals surface area contributed by atoms with Crippen LogP contribution in [-0.4, -0.2) is 10.7 Å². The van der Waals surface area contributed by atoms with Gasteiger partial charge in [0.15, 0.2) is 0 Å². The third-order valence-electron chi connectivity index (χ3n) is 4.94. The van der Waals surface area contributed by atoms with Crippen molar-refractivity contribution >= 4 is 11.8 Å². The Bertz CT molecular complexity index is 1130. The monoisotopic (exact) mass is 406 g/mol. The summed E-state index contributed by atoms with van der Waals surface area (Å²) in [5.74, 6) is 0.920. The minimum Gasteiger partial charge on any atom is -0.240 e. The molecule has 0 aliphatic carbocycles. The van der Waals surface area contributed by atoms with Gasteiger partial charge in [-0.05, 0) is 35.8 Å². The van der Waals surface area contributed by atoms with Crippen LogP contribution < -0.4 is 0 Å². The van der Waals surface area contributed by atoms with E-state index >= 15 is 0 Å². The number of aryl methyl sites for hydroxylation is 1. The second kappa shape index (κ2) is 9.91. The molecule has 1 aromatic heterocycles. The van der Waals surface area contributed by atoms with Gasteiger partial charge in [0, 0.05) is 11.1 Å². The quantitative estimate of drug-likeness (QED) is 0.245. The summed E-state index contributed by atoms with van der Waals surface area (Å²) < 4.78 is 0. The Kier molecular flexibility index (Phi) is 6.59. The fraction of sp³-hybridized carbons (Fsp3) is 0.111. The Morgan fingerprint density at radius 3 is 2.00 bits per heavy atom. The summed E-state index contributed by atoms with van der Waals surface area (Å²) in [4.78, 5) is 4.88. The molecule has 0 aliphatic heterocycles. The third kappa shape index (κ3) is 4.79. The molecule has 0 aliphatic rings. The van der Waals surface area contributed by atoms with Crippen LogP contribution in [0.5, 0.6) is 0 Å². The third-order valence-corrected chi connectivity index (χ3v) is 6.01. The molecule has 0 radical (unpaired) electrons. The van der Waals surface area contributed by atoms with Crippen molar-refractivity contribution in [3.63, 3.8) is 0 Å². The number of rotatable bonds is 7. The van der Waals surface area contributed by atoms with E-state index in [1.807, 2.05) is 48.5 Å². The Morgan fingerprint density at radius 1 is 0.767 bits per heavy atom. The van der Waals surface area contributed by atoms with Crippen LogP contribution in [-0.2, 0) is 6.42 Å². The van der Waals surface area contributed by atoms with Crippen molar-refractivity contribution in [3.05, 3.63) is 108 Å². The highest BCUT2D eigenvalue weighted by molar-refractivity contribution is 7.99. The molecule has 0 spiro atoms. The van der Waals surface area contributed by atoms with Gasteiger partial charge in [-0.25, -0.2) is 4.98 Å². The Labute approximate surface area is 182 Å². The predicted octanol–water partition coefficient (Wildman–Crippen LogP) is 7.01. The topological polar surface area (TPSA) is 36.7 Å². The number of nitrogens with zero attached hydrogens (tertiary/aromatic N) is 2. The van der Waals surface area contributed by atoms with Crippen molar-refractivity contribution in [3.8, 4) is 28.5 Å². The Balaban J connectivity index is 1.65. The number of benzene rings is 3. The van der Waals surface area contributed by atoms with E-state index in [9.17, 15) is 5.26 Å². The molecule has 146 valence electrons. The lowest BCUT2D eigenvalue weighted by atomic mass is 9.99. The minimum atomic E-state index is 0.658. The smallest absolute Gasteiger partial charge is 0.115 e. The van der Waals surface area contributed by atoms with Crippen LogP contribution in [0.25, 0.3) is 22.4 Å². The summed E-state index contributed by atoms with van der Waals surface area (Å²) in [5.41, 5.74) is 5.95. The molecule has 0 N–H and O–H groups in total. The molecule has 0 saturated heterocycles. The van der Waals surface area contributed by atoms with Gasteiger partial charge < -0.3 is 0 Å². The fourth-order valence-corrected chi connectivity index (χ4v) is 4.37.